The predicted molar refractivity (Wildman–Crippen MR) is 55.3 cm³/mol. The van der Waals surface area contributed by atoms with Gasteiger partial charge in [0.2, 0.25) is 0 Å². The van der Waals surface area contributed by atoms with Gasteiger partial charge in [0, 0.05) is 0 Å². The van der Waals surface area contributed by atoms with Crippen molar-refractivity contribution in [3.63, 3.8) is 0 Å². The van der Waals surface area contributed by atoms with Crippen LogP contribution >= 0.6 is 0 Å². The maximum absolute atomic E-state index is 2.36. The Morgan fingerprint density at radius 2 is 1.58 bits per heavy atom. The molecule has 0 N–H and O–H groups in total. The first-order valence-corrected chi connectivity index (χ1v) is 5.58. The Balaban J connectivity index is 2.13. The van der Waals surface area contributed by atoms with Crippen LogP contribution in [0.2, 0.25) is 0 Å². The second-order valence-corrected chi connectivity index (χ2v) is 5.60. The minimum absolute atomic E-state index is 0.553. The highest BCUT2D eigenvalue weighted by Gasteiger charge is 2.17. The normalized spacial score (nSPS) is 21.2. The van der Waals surface area contributed by atoms with Crippen molar-refractivity contribution in [3.8, 4) is 0 Å². The maximum atomic E-state index is 2.36. The summed E-state index contributed by atoms with van der Waals surface area (Å²) < 4.78 is 0. The Kier molecular flexibility index (Phi) is 3.61. The van der Waals surface area contributed by atoms with E-state index >= 15 is 0 Å². The molecule has 72 valence electrons. The van der Waals surface area contributed by atoms with E-state index < -0.39 is 0 Å². The first-order valence-electron chi connectivity index (χ1n) is 5.58. The molecule has 1 fully saturated rings. The third-order valence-electron chi connectivity index (χ3n) is 3.03. The monoisotopic (exact) mass is 168 g/mol. The summed E-state index contributed by atoms with van der Waals surface area (Å²) in [5.41, 5.74) is 0.553. The third-order valence-corrected chi connectivity index (χ3v) is 3.03. The van der Waals surface area contributed by atoms with E-state index in [-0.39, 0.29) is 0 Å². The molecule has 0 aliphatic heterocycles. The van der Waals surface area contributed by atoms with E-state index in [0.717, 1.165) is 5.92 Å². The van der Waals surface area contributed by atoms with Gasteiger partial charge in [-0.3, -0.25) is 0 Å². The molecule has 0 unspecified atom stereocenters. The molecule has 0 aromatic carbocycles. The number of hydrogen-bond acceptors (Lipinski definition) is 0. The summed E-state index contributed by atoms with van der Waals surface area (Å²) in [6, 6.07) is 0. The van der Waals surface area contributed by atoms with E-state index in [4.69, 9.17) is 0 Å². The summed E-state index contributed by atoms with van der Waals surface area (Å²) in [4.78, 5) is 0. The van der Waals surface area contributed by atoms with E-state index in [1.54, 1.807) is 0 Å². The largest absolute Gasteiger partial charge is 0.0602 e. The molecule has 0 bridgehead atoms. The lowest BCUT2D eigenvalue weighted by atomic mass is 9.81. The molecule has 0 heterocycles. The highest BCUT2D eigenvalue weighted by Crippen LogP contribution is 2.31. The smallest absolute Gasteiger partial charge is 0.0383 e. The van der Waals surface area contributed by atoms with Crippen LogP contribution in [0.4, 0.5) is 0 Å². The van der Waals surface area contributed by atoms with Crippen molar-refractivity contribution in [2.24, 2.45) is 11.3 Å². The van der Waals surface area contributed by atoms with Gasteiger partial charge in [0.05, 0.1) is 0 Å². The first kappa shape index (κ1) is 10.1. The Hall–Kier alpha value is 0. The average molecular weight is 168 g/mol. The molecule has 0 aromatic rings. The second-order valence-electron chi connectivity index (χ2n) is 5.60. The maximum Gasteiger partial charge on any atom is -0.0383 e. The Morgan fingerprint density at radius 1 is 1.00 bits per heavy atom. The second kappa shape index (κ2) is 4.30. The fourth-order valence-electron chi connectivity index (χ4n) is 2.11. The fourth-order valence-corrected chi connectivity index (χ4v) is 2.11. The van der Waals surface area contributed by atoms with Gasteiger partial charge in [-0.25, -0.2) is 0 Å². The lowest BCUT2D eigenvalue weighted by Gasteiger charge is -2.25. The lowest BCUT2D eigenvalue weighted by Crippen LogP contribution is -2.11. The van der Waals surface area contributed by atoms with Crippen LogP contribution in [0.3, 0.4) is 0 Å². The van der Waals surface area contributed by atoms with Crippen LogP contribution in [-0.2, 0) is 0 Å². The lowest BCUT2D eigenvalue weighted by molar-refractivity contribution is 0.274. The summed E-state index contributed by atoms with van der Waals surface area (Å²) in [6.07, 6.45) is 10.4. The fraction of sp³-hybridized carbons (Fsp3) is 1.00. The summed E-state index contributed by atoms with van der Waals surface area (Å²) >= 11 is 0. The van der Waals surface area contributed by atoms with Gasteiger partial charge in [0.1, 0.15) is 0 Å². The van der Waals surface area contributed by atoms with Crippen molar-refractivity contribution < 1.29 is 0 Å². The van der Waals surface area contributed by atoms with Gasteiger partial charge < -0.3 is 0 Å². The molecule has 0 spiro atoms. The van der Waals surface area contributed by atoms with Gasteiger partial charge in [-0.2, -0.15) is 0 Å². The van der Waals surface area contributed by atoms with Crippen LogP contribution in [-0.4, -0.2) is 0 Å². The molecule has 0 radical (unpaired) electrons. The molecule has 0 aromatic heterocycles. The quantitative estimate of drug-likeness (QED) is 0.573. The van der Waals surface area contributed by atoms with Crippen molar-refractivity contribution in [1.82, 2.24) is 0 Å². The summed E-state index contributed by atoms with van der Waals surface area (Å²) in [7, 11) is 0. The van der Waals surface area contributed by atoms with Gasteiger partial charge >= 0.3 is 0 Å². The minimum Gasteiger partial charge on any atom is -0.0602 e. The van der Waals surface area contributed by atoms with Gasteiger partial charge in [-0.05, 0) is 24.2 Å². The molecule has 0 nitrogen and oxygen atoms in total. The molecular weight excluding hydrogens is 144 g/mol. The Morgan fingerprint density at radius 3 is 2.08 bits per heavy atom. The highest BCUT2D eigenvalue weighted by molar-refractivity contribution is 4.69. The van der Waals surface area contributed by atoms with Crippen molar-refractivity contribution in [2.45, 2.75) is 65.7 Å². The van der Waals surface area contributed by atoms with Gasteiger partial charge in [-0.15, -0.1) is 0 Å². The topological polar surface area (TPSA) is 0 Å². The predicted octanol–water partition coefficient (Wildman–Crippen LogP) is 4.39. The molecule has 1 rings (SSSR count). The molecular formula is C12H24. The van der Waals surface area contributed by atoms with Crippen LogP contribution in [0.1, 0.15) is 65.7 Å². The van der Waals surface area contributed by atoms with Crippen molar-refractivity contribution in [3.05, 3.63) is 0 Å². The van der Waals surface area contributed by atoms with Crippen LogP contribution in [0.5, 0.6) is 0 Å². The Bertz CT molecular complexity index is 112. The molecule has 1 aliphatic rings. The molecule has 0 amide bonds. The zero-order valence-electron chi connectivity index (χ0n) is 9.03. The van der Waals surface area contributed by atoms with Crippen LogP contribution in [0.15, 0.2) is 0 Å². The standard InChI is InChI=1S/C12H24/c1-12(2,3)10-9-11-7-5-4-6-8-11/h11H,4-10H2,1-3H3. The van der Waals surface area contributed by atoms with Crippen LogP contribution in [0, 0.1) is 11.3 Å². The summed E-state index contributed by atoms with van der Waals surface area (Å²) in [5.74, 6) is 1.07. The molecule has 0 atom stereocenters. The van der Waals surface area contributed by atoms with E-state index in [9.17, 15) is 0 Å². The Labute approximate surface area is 77.7 Å². The SMILES string of the molecule is CC(C)(C)CCC1CCCCC1. The molecule has 0 saturated heterocycles. The van der Waals surface area contributed by atoms with E-state index in [1.807, 2.05) is 0 Å². The van der Waals surface area contributed by atoms with Gasteiger partial charge in [0.25, 0.3) is 0 Å². The number of hydrogen-bond donors (Lipinski definition) is 0. The van der Waals surface area contributed by atoms with Crippen molar-refractivity contribution in [2.75, 3.05) is 0 Å². The van der Waals surface area contributed by atoms with Crippen LogP contribution in [0.25, 0.3) is 0 Å². The van der Waals surface area contributed by atoms with Gasteiger partial charge in [-0.1, -0.05) is 52.9 Å². The van der Waals surface area contributed by atoms with E-state index in [2.05, 4.69) is 20.8 Å². The zero-order valence-corrected chi connectivity index (χ0v) is 9.03. The number of rotatable bonds is 2. The van der Waals surface area contributed by atoms with Gasteiger partial charge in [0.15, 0.2) is 0 Å². The highest BCUT2D eigenvalue weighted by atomic mass is 14.2. The van der Waals surface area contributed by atoms with Crippen LogP contribution < -0.4 is 0 Å². The van der Waals surface area contributed by atoms with Crippen molar-refractivity contribution in [1.29, 1.82) is 0 Å². The van der Waals surface area contributed by atoms with E-state index in [0.29, 0.717) is 5.41 Å². The zero-order chi connectivity index (χ0) is 9.03. The third kappa shape index (κ3) is 4.13. The van der Waals surface area contributed by atoms with E-state index in [1.165, 1.54) is 44.9 Å². The average Bonchev–Trinajstić information content (AvgIpc) is 2.02. The summed E-state index contributed by atoms with van der Waals surface area (Å²) in [6.45, 7) is 7.07. The molecule has 0 heteroatoms. The van der Waals surface area contributed by atoms with Crippen molar-refractivity contribution >= 4 is 0 Å². The minimum atomic E-state index is 0.553. The molecule has 1 saturated carbocycles. The summed E-state index contributed by atoms with van der Waals surface area (Å²) in [5, 5.41) is 0. The molecule has 1 aliphatic carbocycles. The first-order chi connectivity index (χ1) is 5.58. The molecule has 12 heavy (non-hydrogen) atoms.